The average Bonchev–Trinajstić information content (AvgIpc) is 2.74. The van der Waals surface area contributed by atoms with E-state index in [9.17, 15) is 13.2 Å². The van der Waals surface area contributed by atoms with Crippen molar-refractivity contribution in [2.24, 2.45) is 4.99 Å². The van der Waals surface area contributed by atoms with Gasteiger partial charge in [0.05, 0.1) is 5.56 Å². The minimum absolute atomic E-state index is 0. The zero-order valence-electron chi connectivity index (χ0n) is 17.6. The zero-order chi connectivity index (χ0) is 21.6. The molecule has 0 bridgehead atoms. The Hall–Kier alpha value is -2.08. The lowest BCUT2D eigenvalue weighted by molar-refractivity contribution is -0.137. The molecule has 1 aliphatic rings. The summed E-state index contributed by atoms with van der Waals surface area (Å²) in [4.78, 5) is 13.3. The number of nitrogens with zero attached hydrogens (tertiary/aromatic N) is 4. The minimum atomic E-state index is -4.35. The largest absolute Gasteiger partial charge is 0.416 e. The number of anilines is 1. The molecule has 3 rings (SSSR count). The molecule has 10 heteroatoms. The number of alkyl halides is 3. The Labute approximate surface area is 198 Å². The highest BCUT2D eigenvalue weighted by atomic mass is 127. The number of hydrogen-bond acceptors (Lipinski definition) is 4. The summed E-state index contributed by atoms with van der Waals surface area (Å²) in [6.07, 6.45) is -2.56. The average molecular weight is 548 g/mol. The van der Waals surface area contributed by atoms with Crippen LogP contribution in [-0.2, 0) is 19.3 Å². The highest BCUT2D eigenvalue weighted by Crippen LogP contribution is 2.29. The molecule has 1 saturated heterocycles. The SMILES string of the molecule is CN=C(NCc1cccc(C(F)(F)F)c1)NCc1cccnc1N1CCN(C)CC1.I. The van der Waals surface area contributed by atoms with E-state index in [1.165, 1.54) is 6.07 Å². The molecule has 170 valence electrons. The van der Waals surface area contributed by atoms with Crippen LogP contribution >= 0.6 is 24.0 Å². The summed E-state index contributed by atoms with van der Waals surface area (Å²) in [6, 6.07) is 9.20. The number of nitrogens with one attached hydrogen (secondary N) is 2. The molecule has 2 aromatic rings. The molecule has 1 aromatic heterocycles. The van der Waals surface area contributed by atoms with Crippen molar-refractivity contribution in [3.8, 4) is 0 Å². The number of piperazine rings is 1. The first-order valence-electron chi connectivity index (χ1n) is 9.85. The Morgan fingerprint density at radius 3 is 2.45 bits per heavy atom. The third-order valence-electron chi connectivity index (χ3n) is 5.05. The summed E-state index contributed by atoms with van der Waals surface area (Å²) in [5.74, 6) is 1.46. The molecule has 0 saturated carbocycles. The Balaban J connectivity index is 0.00000341. The van der Waals surface area contributed by atoms with E-state index in [-0.39, 0.29) is 30.5 Å². The van der Waals surface area contributed by atoms with Gasteiger partial charge in [-0.15, -0.1) is 24.0 Å². The minimum Gasteiger partial charge on any atom is -0.354 e. The quantitative estimate of drug-likeness (QED) is 0.341. The van der Waals surface area contributed by atoms with E-state index in [1.54, 1.807) is 19.3 Å². The summed E-state index contributed by atoms with van der Waals surface area (Å²) >= 11 is 0. The van der Waals surface area contributed by atoms with Crippen LogP contribution < -0.4 is 15.5 Å². The number of hydrogen-bond donors (Lipinski definition) is 2. The molecular formula is C21H28F3IN6. The van der Waals surface area contributed by atoms with Crippen molar-refractivity contribution in [3.63, 3.8) is 0 Å². The Morgan fingerprint density at radius 1 is 1.06 bits per heavy atom. The van der Waals surface area contributed by atoms with Gasteiger partial charge in [0, 0.05) is 58.1 Å². The Bertz CT molecular complexity index is 866. The standard InChI is InChI=1S/C21H27F3N6.HI/c1-25-20(27-14-16-5-3-7-18(13-16)21(22,23)24)28-15-17-6-4-8-26-19(17)30-11-9-29(2)10-12-30;/h3-8,13H,9-12,14-15H2,1-2H3,(H2,25,27,28);1H. The lowest BCUT2D eigenvalue weighted by atomic mass is 10.1. The monoisotopic (exact) mass is 548 g/mol. The molecule has 0 spiro atoms. The van der Waals surface area contributed by atoms with E-state index in [0.717, 1.165) is 49.7 Å². The van der Waals surface area contributed by atoms with Crippen LogP contribution in [0.4, 0.5) is 19.0 Å². The van der Waals surface area contributed by atoms with Crippen LogP contribution in [0.3, 0.4) is 0 Å². The molecule has 1 fully saturated rings. The highest BCUT2D eigenvalue weighted by molar-refractivity contribution is 14.0. The number of likely N-dealkylation sites (N-methyl/N-ethyl adjacent to an activating group) is 1. The second-order valence-corrected chi connectivity index (χ2v) is 7.25. The van der Waals surface area contributed by atoms with E-state index >= 15 is 0 Å². The first-order chi connectivity index (χ1) is 14.4. The van der Waals surface area contributed by atoms with E-state index in [4.69, 9.17) is 0 Å². The Kier molecular flexibility index (Phi) is 9.35. The van der Waals surface area contributed by atoms with Crippen LogP contribution in [0.5, 0.6) is 0 Å². The molecule has 0 unspecified atom stereocenters. The molecule has 0 atom stereocenters. The molecule has 1 aromatic carbocycles. The maximum Gasteiger partial charge on any atom is 0.416 e. The third kappa shape index (κ3) is 7.23. The predicted octanol–water partition coefficient (Wildman–Crippen LogP) is 3.34. The van der Waals surface area contributed by atoms with Gasteiger partial charge in [-0.05, 0) is 30.8 Å². The summed E-state index contributed by atoms with van der Waals surface area (Å²) in [5.41, 5.74) is 0.924. The second kappa shape index (κ2) is 11.5. The zero-order valence-corrected chi connectivity index (χ0v) is 19.9. The number of benzene rings is 1. The van der Waals surface area contributed by atoms with E-state index in [2.05, 4.69) is 37.5 Å². The second-order valence-electron chi connectivity index (χ2n) is 7.25. The molecular weight excluding hydrogens is 520 g/mol. The van der Waals surface area contributed by atoms with Crippen molar-refractivity contribution in [2.45, 2.75) is 19.3 Å². The van der Waals surface area contributed by atoms with Gasteiger partial charge < -0.3 is 20.4 Å². The Morgan fingerprint density at radius 2 is 1.77 bits per heavy atom. The summed E-state index contributed by atoms with van der Waals surface area (Å²) in [7, 11) is 3.74. The summed E-state index contributed by atoms with van der Waals surface area (Å²) in [5, 5.41) is 6.30. The number of aliphatic imine (C=N–C) groups is 1. The van der Waals surface area contributed by atoms with Crippen LogP contribution in [0.25, 0.3) is 0 Å². The van der Waals surface area contributed by atoms with Crippen LogP contribution in [0.1, 0.15) is 16.7 Å². The van der Waals surface area contributed by atoms with Gasteiger partial charge in [-0.3, -0.25) is 4.99 Å². The topological polar surface area (TPSA) is 55.8 Å². The van der Waals surface area contributed by atoms with Gasteiger partial charge in [-0.2, -0.15) is 13.2 Å². The van der Waals surface area contributed by atoms with Gasteiger partial charge >= 0.3 is 6.18 Å². The summed E-state index contributed by atoms with van der Waals surface area (Å²) < 4.78 is 38.7. The van der Waals surface area contributed by atoms with Gasteiger partial charge in [0.15, 0.2) is 5.96 Å². The van der Waals surface area contributed by atoms with Gasteiger partial charge in [0.1, 0.15) is 5.82 Å². The number of pyridine rings is 1. The first kappa shape index (κ1) is 25.2. The van der Waals surface area contributed by atoms with Gasteiger partial charge in [0.25, 0.3) is 0 Å². The lowest BCUT2D eigenvalue weighted by Gasteiger charge is -2.34. The molecule has 0 aliphatic carbocycles. The molecule has 1 aliphatic heterocycles. The highest BCUT2D eigenvalue weighted by Gasteiger charge is 2.30. The number of aromatic nitrogens is 1. The lowest BCUT2D eigenvalue weighted by Crippen LogP contribution is -2.45. The van der Waals surface area contributed by atoms with Crippen molar-refractivity contribution in [1.82, 2.24) is 20.5 Å². The normalized spacial score (nSPS) is 15.4. The molecule has 0 amide bonds. The molecule has 2 N–H and O–H groups in total. The predicted molar refractivity (Wildman–Crippen MR) is 128 cm³/mol. The van der Waals surface area contributed by atoms with Crippen LogP contribution in [0.15, 0.2) is 47.6 Å². The van der Waals surface area contributed by atoms with Crippen molar-refractivity contribution in [3.05, 3.63) is 59.3 Å². The van der Waals surface area contributed by atoms with Crippen molar-refractivity contribution >= 4 is 35.8 Å². The van der Waals surface area contributed by atoms with Gasteiger partial charge in [-0.25, -0.2) is 4.98 Å². The van der Waals surface area contributed by atoms with Crippen molar-refractivity contribution in [1.29, 1.82) is 0 Å². The molecule has 2 heterocycles. The van der Waals surface area contributed by atoms with Crippen LogP contribution in [-0.4, -0.2) is 56.1 Å². The fourth-order valence-electron chi connectivity index (χ4n) is 3.31. The molecule has 6 nitrogen and oxygen atoms in total. The van der Waals surface area contributed by atoms with Gasteiger partial charge in [-0.1, -0.05) is 18.2 Å². The molecule has 0 radical (unpaired) electrons. The maximum atomic E-state index is 12.9. The summed E-state index contributed by atoms with van der Waals surface area (Å²) in [6.45, 7) is 4.57. The molecule has 31 heavy (non-hydrogen) atoms. The van der Waals surface area contributed by atoms with E-state index in [0.29, 0.717) is 18.1 Å². The number of halogens is 4. The third-order valence-corrected chi connectivity index (χ3v) is 5.05. The fraction of sp³-hybridized carbons (Fsp3) is 0.429. The van der Waals surface area contributed by atoms with E-state index in [1.807, 2.05) is 12.1 Å². The number of guanidine groups is 1. The van der Waals surface area contributed by atoms with Crippen LogP contribution in [0.2, 0.25) is 0 Å². The van der Waals surface area contributed by atoms with Gasteiger partial charge in [0.2, 0.25) is 0 Å². The first-order valence-corrected chi connectivity index (χ1v) is 9.85. The maximum absolute atomic E-state index is 12.9. The fourth-order valence-corrected chi connectivity index (χ4v) is 3.31. The van der Waals surface area contributed by atoms with Crippen LogP contribution in [0, 0.1) is 0 Å². The van der Waals surface area contributed by atoms with Crippen molar-refractivity contribution in [2.75, 3.05) is 45.2 Å². The van der Waals surface area contributed by atoms with Crippen molar-refractivity contribution < 1.29 is 13.2 Å². The van der Waals surface area contributed by atoms with E-state index < -0.39 is 11.7 Å². The number of rotatable bonds is 5. The smallest absolute Gasteiger partial charge is 0.354 e.